The van der Waals surface area contributed by atoms with Crippen LogP contribution in [0.4, 0.5) is 5.69 Å². The minimum atomic E-state index is -0.0308. The van der Waals surface area contributed by atoms with E-state index in [1.54, 1.807) is 15.8 Å². The van der Waals surface area contributed by atoms with Crippen LogP contribution in [0.5, 0.6) is 0 Å². The van der Waals surface area contributed by atoms with Gasteiger partial charge in [-0.2, -0.15) is 0 Å². The van der Waals surface area contributed by atoms with E-state index in [0.717, 1.165) is 18.0 Å². The standard InChI is InChI=1S/C18H21N5O2S/c1-14(2)11-23-18(19-20-21-23)26-13-17(24)22(12-16-9-6-10-25-16)15-7-4-3-5-8-15/h3-10,14H,11-13H2,1-2H3. The lowest BCUT2D eigenvalue weighted by Crippen LogP contribution is -2.31. The van der Waals surface area contributed by atoms with Crippen LogP contribution >= 0.6 is 11.8 Å². The van der Waals surface area contributed by atoms with E-state index in [4.69, 9.17) is 4.42 Å². The normalized spacial score (nSPS) is 11.0. The Hall–Kier alpha value is -2.61. The molecule has 0 saturated carbocycles. The number of thioether (sulfide) groups is 1. The highest BCUT2D eigenvalue weighted by Gasteiger charge is 2.19. The third-order valence-corrected chi connectivity index (χ3v) is 4.57. The van der Waals surface area contributed by atoms with Crippen LogP contribution in [0.1, 0.15) is 19.6 Å². The van der Waals surface area contributed by atoms with E-state index >= 15 is 0 Å². The lowest BCUT2D eigenvalue weighted by molar-refractivity contribution is -0.116. The van der Waals surface area contributed by atoms with Gasteiger partial charge in [0.05, 0.1) is 18.6 Å². The van der Waals surface area contributed by atoms with E-state index in [0.29, 0.717) is 17.6 Å². The van der Waals surface area contributed by atoms with Gasteiger partial charge < -0.3 is 9.32 Å². The monoisotopic (exact) mass is 371 g/mol. The number of nitrogens with zero attached hydrogens (tertiary/aromatic N) is 5. The van der Waals surface area contributed by atoms with E-state index in [1.165, 1.54) is 11.8 Å². The second kappa shape index (κ2) is 8.66. The van der Waals surface area contributed by atoms with E-state index in [9.17, 15) is 4.79 Å². The molecule has 0 atom stereocenters. The number of rotatable bonds is 8. The first kappa shape index (κ1) is 18.2. The van der Waals surface area contributed by atoms with Gasteiger partial charge in [0.25, 0.3) is 0 Å². The van der Waals surface area contributed by atoms with Crippen LogP contribution in [0.3, 0.4) is 0 Å². The van der Waals surface area contributed by atoms with Crippen molar-refractivity contribution in [3.63, 3.8) is 0 Å². The molecule has 26 heavy (non-hydrogen) atoms. The van der Waals surface area contributed by atoms with E-state index < -0.39 is 0 Å². The number of hydrogen-bond donors (Lipinski definition) is 0. The van der Waals surface area contributed by atoms with Gasteiger partial charge in [0.15, 0.2) is 0 Å². The highest BCUT2D eigenvalue weighted by molar-refractivity contribution is 7.99. The molecule has 7 nitrogen and oxygen atoms in total. The second-order valence-corrected chi connectivity index (χ2v) is 7.16. The molecule has 0 N–H and O–H groups in total. The molecule has 8 heteroatoms. The van der Waals surface area contributed by atoms with Crippen LogP contribution in [0.25, 0.3) is 0 Å². The van der Waals surface area contributed by atoms with E-state index in [-0.39, 0.29) is 11.7 Å². The fourth-order valence-corrected chi connectivity index (χ4v) is 3.22. The average Bonchev–Trinajstić information content (AvgIpc) is 3.30. The smallest absolute Gasteiger partial charge is 0.237 e. The summed E-state index contributed by atoms with van der Waals surface area (Å²) in [5.41, 5.74) is 0.830. The molecule has 1 amide bonds. The second-order valence-electron chi connectivity index (χ2n) is 6.22. The number of anilines is 1. The summed E-state index contributed by atoms with van der Waals surface area (Å²) >= 11 is 1.34. The summed E-state index contributed by atoms with van der Waals surface area (Å²) < 4.78 is 7.15. The highest BCUT2D eigenvalue weighted by Crippen LogP contribution is 2.21. The summed E-state index contributed by atoms with van der Waals surface area (Å²) in [5.74, 6) is 1.37. The van der Waals surface area contributed by atoms with Gasteiger partial charge in [-0.3, -0.25) is 4.79 Å². The lowest BCUT2D eigenvalue weighted by atomic mass is 10.2. The van der Waals surface area contributed by atoms with Crippen molar-refractivity contribution in [2.24, 2.45) is 5.92 Å². The van der Waals surface area contributed by atoms with Crippen LogP contribution in [-0.4, -0.2) is 31.9 Å². The molecule has 0 unspecified atom stereocenters. The van der Waals surface area contributed by atoms with Crippen LogP contribution in [-0.2, 0) is 17.9 Å². The molecule has 136 valence electrons. The molecule has 0 spiro atoms. The van der Waals surface area contributed by atoms with Crippen molar-refractivity contribution in [3.05, 3.63) is 54.5 Å². The van der Waals surface area contributed by atoms with Gasteiger partial charge in [0.1, 0.15) is 5.76 Å². The molecule has 0 aliphatic carbocycles. The SMILES string of the molecule is CC(C)Cn1nnnc1SCC(=O)N(Cc1ccco1)c1ccccc1. The predicted octanol–water partition coefficient (Wildman–Crippen LogP) is 3.25. The molecular formula is C18H21N5O2S. The maximum atomic E-state index is 12.9. The number of benzene rings is 1. The van der Waals surface area contributed by atoms with Crippen molar-refractivity contribution in [1.29, 1.82) is 0 Å². The van der Waals surface area contributed by atoms with Crippen molar-refractivity contribution in [3.8, 4) is 0 Å². The summed E-state index contributed by atoms with van der Waals surface area (Å²) in [6.45, 7) is 5.30. The maximum absolute atomic E-state index is 12.9. The third kappa shape index (κ3) is 4.72. The van der Waals surface area contributed by atoms with Crippen LogP contribution in [0, 0.1) is 5.92 Å². The molecule has 0 aliphatic heterocycles. The van der Waals surface area contributed by atoms with Gasteiger partial charge >= 0.3 is 0 Å². The Balaban J connectivity index is 1.71. The maximum Gasteiger partial charge on any atom is 0.237 e. The third-order valence-electron chi connectivity index (χ3n) is 3.62. The fraction of sp³-hybridized carbons (Fsp3) is 0.333. The van der Waals surface area contributed by atoms with E-state index in [2.05, 4.69) is 29.4 Å². The van der Waals surface area contributed by atoms with E-state index in [1.807, 2.05) is 42.5 Å². The molecule has 0 aliphatic rings. The van der Waals surface area contributed by atoms with Crippen molar-refractivity contribution >= 4 is 23.4 Å². The zero-order valence-electron chi connectivity index (χ0n) is 14.8. The van der Waals surface area contributed by atoms with Crippen LogP contribution < -0.4 is 4.90 Å². The van der Waals surface area contributed by atoms with Crippen LogP contribution in [0.15, 0.2) is 58.3 Å². The average molecular weight is 371 g/mol. The zero-order chi connectivity index (χ0) is 18.4. The quantitative estimate of drug-likeness (QED) is 0.566. The number of furan rings is 1. The summed E-state index contributed by atoms with van der Waals surface area (Å²) in [5, 5.41) is 12.4. The summed E-state index contributed by atoms with van der Waals surface area (Å²) in [4.78, 5) is 14.6. The summed E-state index contributed by atoms with van der Waals surface area (Å²) in [6.07, 6.45) is 1.61. The number of carbonyl (C=O) groups is 1. The minimum Gasteiger partial charge on any atom is -0.467 e. The largest absolute Gasteiger partial charge is 0.467 e. The molecule has 2 heterocycles. The molecule has 0 radical (unpaired) electrons. The summed E-state index contributed by atoms with van der Waals surface area (Å²) in [7, 11) is 0. The lowest BCUT2D eigenvalue weighted by Gasteiger charge is -2.21. The van der Waals surface area contributed by atoms with Crippen LogP contribution in [0.2, 0.25) is 0 Å². The molecule has 0 fully saturated rings. The number of hydrogen-bond acceptors (Lipinski definition) is 6. The Morgan fingerprint density at radius 1 is 1.23 bits per heavy atom. The molecular weight excluding hydrogens is 350 g/mol. The Morgan fingerprint density at radius 3 is 2.73 bits per heavy atom. The highest BCUT2D eigenvalue weighted by atomic mass is 32.2. The van der Waals surface area contributed by atoms with Gasteiger partial charge in [0, 0.05) is 12.2 Å². The molecule has 3 rings (SSSR count). The molecule has 3 aromatic rings. The first-order chi connectivity index (χ1) is 12.6. The number of tetrazole rings is 1. The Labute approximate surface area is 156 Å². The number of aromatic nitrogens is 4. The number of para-hydroxylation sites is 1. The van der Waals surface area contributed by atoms with Crippen molar-refractivity contribution < 1.29 is 9.21 Å². The topological polar surface area (TPSA) is 77.1 Å². The van der Waals surface area contributed by atoms with Crippen molar-refractivity contribution in [1.82, 2.24) is 20.2 Å². The van der Waals surface area contributed by atoms with Crippen molar-refractivity contribution in [2.45, 2.75) is 32.1 Å². The Bertz CT molecular complexity index is 817. The zero-order valence-corrected chi connectivity index (χ0v) is 15.6. The van der Waals surface area contributed by atoms with Crippen molar-refractivity contribution in [2.75, 3.05) is 10.7 Å². The minimum absolute atomic E-state index is 0.0308. The van der Waals surface area contributed by atoms with Gasteiger partial charge in [-0.25, -0.2) is 4.68 Å². The fourth-order valence-electron chi connectivity index (χ4n) is 2.45. The predicted molar refractivity (Wildman–Crippen MR) is 99.7 cm³/mol. The molecule has 0 saturated heterocycles. The number of amides is 1. The first-order valence-corrected chi connectivity index (χ1v) is 9.39. The van der Waals surface area contributed by atoms with Gasteiger partial charge in [-0.1, -0.05) is 43.8 Å². The van der Waals surface area contributed by atoms with Gasteiger partial charge in [0.2, 0.25) is 11.1 Å². The van der Waals surface area contributed by atoms with Gasteiger partial charge in [-0.05, 0) is 40.6 Å². The Morgan fingerprint density at radius 2 is 2.04 bits per heavy atom. The molecule has 2 aromatic heterocycles. The van der Waals surface area contributed by atoms with Gasteiger partial charge in [-0.15, -0.1) is 5.10 Å². The Kier molecular flexibility index (Phi) is 6.06. The number of carbonyl (C=O) groups excluding carboxylic acids is 1. The summed E-state index contributed by atoms with van der Waals surface area (Å²) in [6, 6.07) is 13.2. The molecule has 0 bridgehead atoms. The molecule has 1 aromatic carbocycles. The first-order valence-electron chi connectivity index (χ1n) is 8.40.